The van der Waals surface area contributed by atoms with Crippen molar-refractivity contribution in [3.05, 3.63) is 65.7 Å². The summed E-state index contributed by atoms with van der Waals surface area (Å²) < 4.78 is 28.0. The first-order chi connectivity index (χ1) is 11.0. The van der Waals surface area contributed by atoms with Gasteiger partial charge in [0.15, 0.2) is 0 Å². The molecule has 1 unspecified atom stereocenters. The third-order valence-corrected chi connectivity index (χ3v) is 5.69. The van der Waals surface area contributed by atoms with Crippen LogP contribution in [0.3, 0.4) is 0 Å². The number of rotatable bonds is 5. The molecule has 0 bridgehead atoms. The predicted octanol–water partition coefficient (Wildman–Crippen LogP) is 2.90. The summed E-state index contributed by atoms with van der Waals surface area (Å²) in [6.45, 7) is 3.63. The number of likely N-dealkylation sites (tertiary alicyclic amines) is 1. The number of nitrogens with zero attached hydrogens (tertiary/aromatic N) is 1. The fourth-order valence-corrected chi connectivity index (χ4v) is 4.19. The first-order valence-electron chi connectivity index (χ1n) is 7.91. The average molecular weight is 330 g/mol. The van der Waals surface area contributed by atoms with Crippen molar-refractivity contribution in [1.82, 2.24) is 9.62 Å². The van der Waals surface area contributed by atoms with Crippen LogP contribution in [0.2, 0.25) is 0 Å². The molecule has 1 N–H and O–H groups in total. The van der Waals surface area contributed by atoms with Gasteiger partial charge in [-0.05, 0) is 37.5 Å². The molecule has 0 radical (unpaired) electrons. The summed E-state index contributed by atoms with van der Waals surface area (Å²) in [6, 6.07) is 17.1. The van der Waals surface area contributed by atoms with Crippen LogP contribution in [0.5, 0.6) is 0 Å². The number of hydrogen-bond acceptors (Lipinski definition) is 3. The fourth-order valence-electron chi connectivity index (χ4n) is 2.93. The molecule has 1 aliphatic rings. The zero-order valence-electron chi connectivity index (χ0n) is 13.3. The standard InChI is InChI=1S/C18H22N2O2S/c1-15-9-11-17(12-10-15)23(21,22)19-18-8-5-13-20(18)14-16-6-3-2-4-7-16/h2-4,6-7,9-12,18-19H,5,8,13-14H2,1H3. The maximum absolute atomic E-state index is 12.6. The van der Waals surface area contributed by atoms with Crippen LogP contribution < -0.4 is 4.72 Å². The lowest BCUT2D eigenvalue weighted by atomic mass is 10.2. The molecule has 5 heteroatoms. The summed E-state index contributed by atoms with van der Waals surface area (Å²) in [5.41, 5.74) is 2.25. The van der Waals surface area contributed by atoms with Crippen molar-refractivity contribution in [3.63, 3.8) is 0 Å². The molecular weight excluding hydrogens is 308 g/mol. The molecule has 0 amide bonds. The minimum absolute atomic E-state index is 0.137. The van der Waals surface area contributed by atoms with Gasteiger partial charge in [-0.1, -0.05) is 48.0 Å². The Bertz CT molecular complexity index is 742. The highest BCUT2D eigenvalue weighted by atomic mass is 32.2. The lowest BCUT2D eigenvalue weighted by molar-refractivity contribution is 0.234. The van der Waals surface area contributed by atoms with E-state index in [1.54, 1.807) is 12.1 Å². The third kappa shape index (κ3) is 3.99. The summed E-state index contributed by atoms with van der Waals surface area (Å²) in [6.07, 6.45) is 1.72. The fraction of sp³-hybridized carbons (Fsp3) is 0.333. The van der Waals surface area contributed by atoms with Crippen molar-refractivity contribution in [3.8, 4) is 0 Å². The van der Waals surface area contributed by atoms with Crippen LogP contribution in [0, 0.1) is 6.92 Å². The largest absolute Gasteiger partial charge is 0.283 e. The SMILES string of the molecule is Cc1ccc(S(=O)(=O)NC2CCCN2Cc2ccccc2)cc1. The van der Waals surface area contributed by atoms with Gasteiger partial charge in [0.25, 0.3) is 0 Å². The number of aryl methyl sites for hydroxylation is 1. The van der Waals surface area contributed by atoms with E-state index >= 15 is 0 Å². The van der Waals surface area contributed by atoms with Crippen LogP contribution >= 0.6 is 0 Å². The summed E-state index contributed by atoms with van der Waals surface area (Å²) in [5, 5.41) is 0. The third-order valence-electron chi connectivity index (χ3n) is 4.21. The lowest BCUT2D eigenvalue weighted by Gasteiger charge is -2.25. The van der Waals surface area contributed by atoms with Crippen LogP contribution in [0.4, 0.5) is 0 Å². The van der Waals surface area contributed by atoms with Gasteiger partial charge in [0.2, 0.25) is 10.0 Å². The van der Waals surface area contributed by atoms with Gasteiger partial charge >= 0.3 is 0 Å². The van der Waals surface area contributed by atoms with E-state index in [1.807, 2.05) is 37.3 Å². The summed E-state index contributed by atoms with van der Waals surface area (Å²) in [7, 11) is -3.48. The van der Waals surface area contributed by atoms with Crippen LogP contribution in [-0.2, 0) is 16.6 Å². The molecule has 1 heterocycles. The molecule has 0 saturated carbocycles. The van der Waals surface area contributed by atoms with E-state index in [9.17, 15) is 8.42 Å². The smallest absolute Gasteiger partial charge is 0.241 e. The van der Waals surface area contributed by atoms with Crippen molar-refractivity contribution in [1.29, 1.82) is 0 Å². The molecule has 2 aromatic carbocycles. The summed E-state index contributed by atoms with van der Waals surface area (Å²) >= 11 is 0. The van der Waals surface area contributed by atoms with Gasteiger partial charge in [0.1, 0.15) is 0 Å². The van der Waals surface area contributed by atoms with Crippen molar-refractivity contribution < 1.29 is 8.42 Å². The van der Waals surface area contributed by atoms with Crippen LogP contribution in [-0.4, -0.2) is 26.0 Å². The average Bonchev–Trinajstić information content (AvgIpc) is 2.95. The lowest BCUT2D eigenvalue weighted by Crippen LogP contribution is -2.43. The number of benzene rings is 2. The molecule has 3 rings (SSSR count). The minimum Gasteiger partial charge on any atom is -0.283 e. The quantitative estimate of drug-likeness (QED) is 0.917. The van der Waals surface area contributed by atoms with Crippen molar-refractivity contribution in [2.75, 3.05) is 6.54 Å². The van der Waals surface area contributed by atoms with E-state index < -0.39 is 10.0 Å². The van der Waals surface area contributed by atoms with Gasteiger partial charge in [-0.3, -0.25) is 4.90 Å². The number of nitrogens with one attached hydrogen (secondary N) is 1. The molecule has 1 atom stereocenters. The molecule has 122 valence electrons. The Hall–Kier alpha value is -1.69. The second-order valence-electron chi connectivity index (χ2n) is 6.05. The summed E-state index contributed by atoms with van der Waals surface area (Å²) in [4.78, 5) is 2.52. The predicted molar refractivity (Wildman–Crippen MR) is 91.4 cm³/mol. The Kier molecular flexibility index (Phi) is 4.80. The van der Waals surface area contributed by atoms with E-state index in [0.717, 1.165) is 31.5 Å². The van der Waals surface area contributed by atoms with Crippen molar-refractivity contribution in [2.24, 2.45) is 0 Å². The summed E-state index contributed by atoms with van der Waals surface area (Å²) in [5.74, 6) is 0. The van der Waals surface area contributed by atoms with E-state index in [-0.39, 0.29) is 6.17 Å². The molecule has 0 spiro atoms. The molecule has 1 fully saturated rings. The van der Waals surface area contributed by atoms with E-state index in [2.05, 4.69) is 21.8 Å². The molecule has 0 aliphatic carbocycles. The Labute approximate surface area is 138 Å². The van der Waals surface area contributed by atoms with Gasteiger partial charge in [0, 0.05) is 13.1 Å². The second kappa shape index (κ2) is 6.83. The first kappa shape index (κ1) is 16.2. The van der Waals surface area contributed by atoms with Crippen molar-refractivity contribution in [2.45, 2.75) is 37.4 Å². The first-order valence-corrected chi connectivity index (χ1v) is 9.40. The highest BCUT2D eigenvalue weighted by Crippen LogP contribution is 2.20. The van der Waals surface area contributed by atoms with Gasteiger partial charge < -0.3 is 0 Å². The van der Waals surface area contributed by atoms with Crippen LogP contribution in [0.15, 0.2) is 59.5 Å². The highest BCUT2D eigenvalue weighted by molar-refractivity contribution is 7.89. The molecule has 4 nitrogen and oxygen atoms in total. The van der Waals surface area contributed by atoms with Crippen LogP contribution in [0.25, 0.3) is 0 Å². The molecule has 2 aromatic rings. The van der Waals surface area contributed by atoms with E-state index in [4.69, 9.17) is 0 Å². The van der Waals surface area contributed by atoms with Crippen LogP contribution in [0.1, 0.15) is 24.0 Å². The topological polar surface area (TPSA) is 49.4 Å². The maximum Gasteiger partial charge on any atom is 0.241 e. The Balaban J connectivity index is 1.72. The minimum atomic E-state index is -3.48. The van der Waals surface area contributed by atoms with Gasteiger partial charge in [-0.25, -0.2) is 8.42 Å². The van der Waals surface area contributed by atoms with Crippen molar-refractivity contribution >= 4 is 10.0 Å². The van der Waals surface area contributed by atoms with E-state index in [0.29, 0.717) is 4.90 Å². The Morgan fingerprint density at radius 2 is 1.78 bits per heavy atom. The maximum atomic E-state index is 12.6. The highest BCUT2D eigenvalue weighted by Gasteiger charge is 2.29. The van der Waals surface area contributed by atoms with Gasteiger partial charge in [-0.15, -0.1) is 0 Å². The normalized spacial score (nSPS) is 19.1. The number of hydrogen-bond donors (Lipinski definition) is 1. The molecular formula is C18H22N2O2S. The molecule has 1 saturated heterocycles. The Morgan fingerprint density at radius 1 is 1.09 bits per heavy atom. The molecule has 1 aliphatic heterocycles. The Morgan fingerprint density at radius 3 is 2.48 bits per heavy atom. The molecule has 23 heavy (non-hydrogen) atoms. The zero-order chi connectivity index (χ0) is 16.3. The van der Waals surface area contributed by atoms with E-state index in [1.165, 1.54) is 5.56 Å². The monoisotopic (exact) mass is 330 g/mol. The van der Waals surface area contributed by atoms with Gasteiger partial charge in [0.05, 0.1) is 11.1 Å². The van der Waals surface area contributed by atoms with Gasteiger partial charge in [-0.2, -0.15) is 4.72 Å². The number of sulfonamides is 1. The molecule has 0 aromatic heterocycles. The second-order valence-corrected chi connectivity index (χ2v) is 7.76. The zero-order valence-corrected chi connectivity index (χ0v) is 14.1.